The van der Waals surface area contributed by atoms with Gasteiger partial charge in [-0.25, -0.2) is 0 Å². The van der Waals surface area contributed by atoms with Crippen molar-refractivity contribution in [1.29, 1.82) is 0 Å². The molecule has 0 unspecified atom stereocenters. The second-order valence-corrected chi connectivity index (χ2v) is 15.3. The quantitative estimate of drug-likeness (QED) is 0.118. The van der Waals surface area contributed by atoms with Crippen molar-refractivity contribution < 1.29 is 0 Å². The van der Waals surface area contributed by atoms with Gasteiger partial charge in [0, 0.05) is 0 Å². The summed E-state index contributed by atoms with van der Waals surface area (Å²) < 4.78 is 0. The Labute approximate surface area is 338 Å². The summed E-state index contributed by atoms with van der Waals surface area (Å²) in [5.41, 5.74) is 12.2. The molecule has 0 spiro atoms. The van der Waals surface area contributed by atoms with E-state index in [0.29, 0.717) is 0 Å². The van der Waals surface area contributed by atoms with Gasteiger partial charge in [0.1, 0.15) is 0 Å². The molecule has 0 bridgehead atoms. The minimum atomic E-state index is 1.19. The summed E-state index contributed by atoms with van der Waals surface area (Å²) in [6, 6.07) is 80.2. The van der Waals surface area contributed by atoms with Crippen LogP contribution in [-0.4, -0.2) is 0 Å². The number of hydrogen-bond donors (Lipinski definition) is 0. The minimum Gasteiger partial charge on any atom is -0.0622 e. The number of rotatable bonds is 6. The maximum Gasteiger partial charge on any atom is -0.00259 e. The maximum absolute atomic E-state index is 2.43. The van der Waals surface area contributed by atoms with Gasteiger partial charge in [-0.2, -0.15) is 0 Å². The summed E-state index contributed by atoms with van der Waals surface area (Å²) in [5.74, 6) is 0. The first-order chi connectivity index (χ1) is 28.7. The highest BCUT2D eigenvalue weighted by Gasteiger charge is 2.18. The molecule has 0 saturated carbocycles. The Morgan fingerprint density at radius 3 is 1.24 bits per heavy atom. The molecule has 0 nitrogen and oxygen atoms in total. The maximum atomic E-state index is 2.43. The van der Waals surface area contributed by atoms with E-state index in [1.54, 1.807) is 0 Å². The van der Waals surface area contributed by atoms with Crippen molar-refractivity contribution in [3.05, 3.63) is 230 Å². The SMILES string of the molecule is C(=C\c1cccc(-c2ccc3cc(-c4ccc5c(-c6ccc7ccccc7c6)c6ccccc6c(-c6ccc7ccccc7c6)c5c4)ccc3c2)c1)/c1ccccc1. The van der Waals surface area contributed by atoms with Crippen molar-refractivity contribution in [2.75, 3.05) is 0 Å². The molecule has 0 amide bonds. The highest BCUT2D eigenvalue weighted by Crippen LogP contribution is 2.46. The van der Waals surface area contributed by atoms with E-state index in [2.05, 4.69) is 231 Å². The summed E-state index contributed by atoms with van der Waals surface area (Å²) in [7, 11) is 0. The van der Waals surface area contributed by atoms with E-state index >= 15 is 0 Å². The second kappa shape index (κ2) is 14.2. The van der Waals surface area contributed by atoms with Gasteiger partial charge in [0.05, 0.1) is 0 Å². The molecule has 0 heterocycles. The topological polar surface area (TPSA) is 0 Å². The molecule has 0 radical (unpaired) electrons. The van der Waals surface area contributed by atoms with E-state index in [-0.39, 0.29) is 0 Å². The van der Waals surface area contributed by atoms with Crippen molar-refractivity contribution in [3.8, 4) is 44.5 Å². The summed E-state index contributed by atoms with van der Waals surface area (Å²) in [6.45, 7) is 0. The molecule has 0 saturated heterocycles. The van der Waals surface area contributed by atoms with Crippen LogP contribution in [0.25, 0.3) is 111 Å². The molecule has 0 heteroatoms. The number of benzene rings is 11. The molecule has 0 aliphatic carbocycles. The largest absolute Gasteiger partial charge is 0.0622 e. The molecule has 0 aliphatic rings. The third-order valence-electron chi connectivity index (χ3n) is 11.8. The van der Waals surface area contributed by atoms with E-state index in [9.17, 15) is 0 Å². The van der Waals surface area contributed by atoms with Crippen LogP contribution in [0.1, 0.15) is 11.1 Å². The first-order valence-electron chi connectivity index (χ1n) is 20.1. The van der Waals surface area contributed by atoms with Crippen LogP contribution in [0.5, 0.6) is 0 Å². The molecule has 270 valence electrons. The van der Waals surface area contributed by atoms with Crippen LogP contribution in [0.2, 0.25) is 0 Å². The predicted molar refractivity (Wildman–Crippen MR) is 251 cm³/mol. The molecule has 0 aromatic heterocycles. The third-order valence-corrected chi connectivity index (χ3v) is 11.8. The van der Waals surface area contributed by atoms with Crippen LogP contribution in [0.4, 0.5) is 0 Å². The first kappa shape index (κ1) is 33.8. The van der Waals surface area contributed by atoms with Crippen LogP contribution >= 0.6 is 0 Å². The fourth-order valence-electron chi connectivity index (χ4n) is 8.85. The number of fused-ring (bicyclic) bond motifs is 5. The average molecular weight is 735 g/mol. The zero-order chi connectivity index (χ0) is 38.4. The monoisotopic (exact) mass is 734 g/mol. The molecule has 11 aromatic rings. The van der Waals surface area contributed by atoms with Crippen molar-refractivity contribution in [2.24, 2.45) is 0 Å². The van der Waals surface area contributed by atoms with Crippen LogP contribution in [-0.2, 0) is 0 Å². The van der Waals surface area contributed by atoms with E-state index < -0.39 is 0 Å². The van der Waals surface area contributed by atoms with E-state index in [1.165, 1.54) is 109 Å². The van der Waals surface area contributed by atoms with Gasteiger partial charge < -0.3 is 0 Å². The van der Waals surface area contributed by atoms with Crippen molar-refractivity contribution in [3.63, 3.8) is 0 Å². The van der Waals surface area contributed by atoms with E-state index in [4.69, 9.17) is 0 Å². The Bertz CT molecular complexity index is 3380. The van der Waals surface area contributed by atoms with Gasteiger partial charge in [-0.3, -0.25) is 0 Å². The van der Waals surface area contributed by atoms with Gasteiger partial charge in [-0.05, 0) is 146 Å². The molecule has 0 N–H and O–H groups in total. The zero-order valence-corrected chi connectivity index (χ0v) is 31.9. The minimum absolute atomic E-state index is 1.19. The van der Waals surface area contributed by atoms with Gasteiger partial charge in [0.25, 0.3) is 0 Å². The molecular weight excluding hydrogens is 697 g/mol. The lowest BCUT2D eigenvalue weighted by atomic mass is 9.84. The Hall–Kier alpha value is -7.54. The van der Waals surface area contributed by atoms with Crippen LogP contribution in [0.15, 0.2) is 218 Å². The molecule has 11 aromatic carbocycles. The predicted octanol–water partition coefficient (Wildman–Crippen LogP) is 16.3. The highest BCUT2D eigenvalue weighted by atomic mass is 14.2. The Morgan fingerprint density at radius 2 is 0.603 bits per heavy atom. The van der Waals surface area contributed by atoms with Gasteiger partial charge in [-0.1, -0.05) is 194 Å². The van der Waals surface area contributed by atoms with Crippen molar-refractivity contribution in [1.82, 2.24) is 0 Å². The van der Waals surface area contributed by atoms with Crippen LogP contribution in [0, 0.1) is 0 Å². The summed E-state index contributed by atoms with van der Waals surface area (Å²) in [5, 5.41) is 12.5. The molecule has 0 atom stereocenters. The second-order valence-electron chi connectivity index (χ2n) is 15.3. The average Bonchev–Trinajstić information content (AvgIpc) is 3.29. The van der Waals surface area contributed by atoms with Gasteiger partial charge in [-0.15, -0.1) is 0 Å². The summed E-state index contributed by atoms with van der Waals surface area (Å²) in [6.07, 6.45) is 4.36. The van der Waals surface area contributed by atoms with E-state index in [0.717, 1.165) is 0 Å². The highest BCUT2D eigenvalue weighted by molar-refractivity contribution is 6.22. The first-order valence-corrected chi connectivity index (χ1v) is 20.1. The Morgan fingerprint density at radius 1 is 0.207 bits per heavy atom. The Kier molecular flexibility index (Phi) is 8.26. The Balaban J connectivity index is 1.05. The third kappa shape index (κ3) is 6.13. The van der Waals surface area contributed by atoms with Crippen molar-refractivity contribution in [2.45, 2.75) is 0 Å². The summed E-state index contributed by atoms with van der Waals surface area (Å²) >= 11 is 0. The molecular formula is C58H38. The van der Waals surface area contributed by atoms with E-state index in [1.807, 2.05) is 0 Å². The smallest absolute Gasteiger partial charge is 0.00259 e. The fraction of sp³-hybridized carbons (Fsp3) is 0. The van der Waals surface area contributed by atoms with Gasteiger partial charge in [0.15, 0.2) is 0 Å². The standard InChI is InChI=1S/C58H38/c1-2-11-39(12-3-1)21-22-40-13-10-18-43(33-40)46-25-26-48-35-49(28-27-47(48)34-46)50-31-32-55-56(38-50)58(52-30-24-42-15-5-7-17-45(42)37-52)54-20-9-8-19-53(54)57(55)51-29-23-41-14-4-6-16-44(41)36-51/h1-38H/b22-21+. The van der Waals surface area contributed by atoms with Gasteiger partial charge in [0.2, 0.25) is 0 Å². The van der Waals surface area contributed by atoms with Crippen LogP contribution in [0.3, 0.4) is 0 Å². The molecule has 0 aliphatic heterocycles. The lowest BCUT2D eigenvalue weighted by Crippen LogP contribution is -1.92. The molecule has 11 rings (SSSR count). The summed E-state index contributed by atoms with van der Waals surface area (Å²) in [4.78, 5) is 0. The normalized spacial score (nSPS) is 11.7. The molecule has 58 heavy (non-hydrogen) atoms. The zero-order valence-electron chi connectivity index (χ0n) is 31.9. The molecule has 0 fully saturated rings. The van der Waals surface area contributed by atoms with Gasteiger partial charge >= 0.3 is 0 Å². The van der Waals surface area contributed by atoms with Crippen molar-refractivity contribution >= 4 is 66.0 Å². The fourth-order valence-corrected chi connectivity index (χ4v) is 8.85. The van der Waals surface area contributed by atoms with Crippen LogP contribution < -0.4 is 0 Å². The lowest BCUT2D eigenvalue weighted by Gasteiger charge is -2.19. The lowest BCUT2D eigenvalue weighted by molar-refractivity contribution is 1.61. The number of hydrogen-bond acceptors (Lipinski definition) is 0.